The zero-order valence-corrected chi connectivity index (χ0v) is 8.04. The van der Waals surface area contributed by atoms with Crippen molar-refractivity contribution in [3.63, 3.8) is 0 Å². The van der Waals surface area contributed by atoms with E-state index in [4.69, 9.17) is 0 Å². The first-order valence-corrected chi connectivity index (χ1v) is 4.50. The summed E-state index contributed by atoms with van der Waals surface area (Å²) in [6.45, 7) is 5.28. The molecule has 0 aliphatic rings. The average molecular weight is 167 g/mol. The van der Waals surface area contributed by atoms with E-state index in [0.29, 0.717) is 6.04 Å². The Bertz CT molecular complexity index is 229. The van der Waals surface area contributed by atoms with Crippen molar-refractivity contribution >= 4 is 0 Å². The number of hydrogen-bond acceptors (Lipinski definition) is 2. The van der Waals surface area contributed by atoms with Crippen molar-refractivity contribution < 1.29 is 0 Å². The average Bonchev–Trinajstić information content (AvgIpc) is 2.47. The van der Waals surface area contributed by atoms with Crippen LogP contribution in [0.3, 0.4) is 0 Å². The maximum absolute atomic E-state index is 4.31. The van der Waals surface area contributed by atoms with Gasteiger partial charge in [-0.3, -0.25) is 0 Å². The number of hydrogen-bond donors (Lipinski definition) is 1. The Kier molecular flexibility index (Phi) is 3.29. The van der Waals surface area contributed by atoms with Crippen LogP contribution in [0, 0.1) is 0 Å². The molecular formula is C9H17N3. The molecule has 0 amide bonds. The maximum Gasteiger partial charge on any atom is 0.125 e. The van der Waals surface area contributed by atoms with E-state index in [1.54, 1.807) is 0 Å². The SMILES string of the molecule is CCNC(CC)c1nccn1C. The Hall–Kier alpha value is -0.830. The molecule has 0 saturated heterocycles. The Morgan fingerprint density at radius 2 is 2.33 bits per heavy atom. The van der Waals surface area contributed by atoms with Crippen molar-refractivity contribution in [1.29, 1.82) is 0 Å². The lowest BCUT2D eigenvalue weighted by Gasteiger charge is -2.14. The molecule has 0 aliphatic carbocycles. The molecule has 1 heterocycles. The van der Waals surface area contributed by atoms with Gasteiger partial charge in [0.25, 0.3) is 0 Å². The Morgan fingerprint density at radius 1 is 1.58 bits per heavy atom. The second-order valence-corrected chi connectivity index (χ2v) is 2.91. The molecular weight excluding hydrogens is 150 g/mol. The monoisotopic (exact) mass is 167 g/mol. The highest BCUT2D eigenvalue weighted by atomic mass is 15.1. The van der Waals surface area contributed by atoms with E-state index < -0.39 is 0 Å². The molecule has 0 radical (unpaired) electrons. The van der Waals surface area contributed by atoms with E-state index in [9.17, 15) is 0 Å². The third-order valence-corrected chi connectivity index (χ3v) is 2.03. The standard InChI is InChI=1S/C9H17N3/c1-4-8(10-5-2)9-11-6-7-12(9)3/h6-8,10H,4-5H2,1-3H3. The van der Waals surface area contributed by atoms with E-state index in [1.165, 1.54) is 0 Å². The lowest BCUT2D eigenvalue weighted by Crippen LogP contribution is -2.22. The van der Waals surface area contributed by atoms with Crippen molar-refractivity contribution in [3.8, 4) is 0 Å². The highest BCUT2D eigenvalue weighted by Crippen LogP contribution is 2.12. The first kappa shape index (κ1) is 9.26. The number of imidazole rings is 1. The first-order chi connectivity index (χ1) is 5.79. The molecule has 0 bridgehead atoms. The summed E-state index contributed by atoms with van der Waals surface area (Å²) in [6.07, 6.45) is 4.91. The number of aryl methyl sites for hydroxylation is 1. The Morgan fingerprint density at radius 3 is 2.75 bits per heavy atom. The van der Waals surface area contributed by atoms with E-state index in [2.05, 4.69) is 28.7 Å². The predicted molar refractivity (Wildman–Crippen MR) is 49.9 cm³/mol. The predicted octanol–water partition coefficient (Wildman–Crippen LogP) is 1.48. The molecule has 1 atom stereocenters. The van der Waals surface area contributed by atoms with Gasteiger partial charge < -0.3 is 9.88 Å². The van der Waals surface area contributed by atoms with Gasteiger partial charge in [-0.25, -0.2) is 4.98 Å². The van der Waals surface area contributed by atoms with Crippen LogP contribution in [0.1, 0.15) is 32.1 Å². The van der Waals surface area contributed by atoms with Crippen LogP contribution < -0.4 is 5.32 Å². The summed E-state index contributed by atoms with van der Waals surface area (Å²) in [5, 5.41) is 3.39. The first-order valence-electron chi connectivity index (χ1n) is 4.50. The van der Waals surface area contributed by atoms with Crippen LogP contribution in [0.15, 0.2) is 12.4 Å². The number of nitrogens with one attached hydrogen (secondary N) is 1. The van der Waals surface area contributed by atoms with Gasteiger partial charge in [0.05, 0.1) is 6.04 Å². The lowest BCUT2D eigenvalue weighted by molar-refractivity contribution is 0.496. The molecule has 3 nitrogen and oxygen atoms in total. The number of rotatable bonds is 4. The minimum Gasteiger partial charge on any atom is -0.337 e. The van der Waals surface area contributed by atoms with Crippen LogP contribution in [0.5, 0.6) is 0 Å². The zero-order valence-electron chi connectivity index (χ0n) is 8.04. The summed E-state index contributed by atoms with van der Waals surface area (Å²) in [5.74, 6) is 1.12. The summed E-state index contributed by atoms with van der Waals surface area (Å²) in [7, 11) is 2.03. The van der Waals surface area contributed by atoms with Crippen molar-refractivity contribution in [2.45, 2.75) is 26.3 Å². The van der Waals surface area contributed by atoms with Gasteiger partial charge >= 0.3 is 0 Å². The molecule has 1 aromatic rings. The van der Waals surface area contributed by atoms with Gasteiger partial charge in [0.1, 0.15) is 5.82 Å². The van der Waals surface area contributed by atoms with Crippen molar-refractivity contribution in [2.75, 3.05) is 6.54 Å². The molecule has 1 aromatic heterocycles. The van der Waals surface area contributed by atoms with Crippen LogP contribution >= 0.6 is 0 Å². The maximum atomic E-state index is 4.31. The van der Waals surface area contributed by atoms with Gasteiger partial charge in [-0.1, -0.05) is 13.8 Å². The van der Waals surface area contributed by atoms with E-state index >= 15 is 0 Å². The second kappa shape index (κ2) is 4.26. The van der Waals surface area contributed by atoms with Gasteiger partial charge in [-0.2, -0.15) is 0 Å². The molecule has 12 heavy (non-hydrogen) atoms. The smallest absolute Gasteiger partial charge is 0.125 e. The molecule has 3 heteroatoms. The molecule has 68 valence electrons. The van der Waals surface area contributed by atoms with Gasteiger partial charge in [-0.05, 0) is 13.0 Å². The van der Waals surface area contributed by atoms with E-state index in [0.717, 1.165) is 18.8 Å². The highest BCUT2D eigenvalue weighted by Gasteiger charge is 2.11. The molecule has 0 aliphatic heterocycles. The van der Waals surface area contributed by atoms with Crippen LogP contribution in [0.2, 0.25) is 0 Å². The molecule has 0 saturated carbocycles. The summed E-state index contributed by atoms with van der Waals surface area (Å²) in [6, 6.07) is 0.398. The van der Waals surface area contributed by atoms with Crippen molar-refractivity contribution in [2.24, 2.45) is 7.05 Å². The minimum atomic E-state index is 0.398. The normalized spacial score (nSPS) is 13.2. The van der Waals surface area contributed by atoms with Crippen molar-refractivity contribution in [3.05, 3.63) is 18.2 Å². The van der Waals surface area contributed by atoms with Crippen molar-refractivity contribution in [1.82, 2.24) is 14.9 Å². The van der Waals surface area contributed by atoms with E-state index in [-0.39, 0.29) is 0 Å². The summed E-state index contributed by atoms with van der Waals surface area (Å²) in [5.41, 5.74) is 0. The summed E-state index contributed by atoms with van der Waals surface area (Å²) in [4.78, 5) is 4.31. The topological polar surface area (TPSA) is 29.9 Å². The quantitative estimate of drug-likeness (QED) is 0.736. The molecule has 0 aromatic carbocycles. The van der Waals surface area contributed by atoms with Crippen LogP contribution in [0.25, 0.3) is 0 Å². The highest BCUT2D eigenvalue weighted by molar-refractivity contribution is 4.97. The third kappa shape index (κ3) is 1.85. The molecule has 1 rings (SSSR count). The van der Waals surface area contributed by atoms with Gasteiger partial charge in [0.15, 0.2) is 0 Å². The van der Waals surface area contributed by atoms with Gasteiger partial charge in [-0.15, -0.1) is 0 Å². The number of nitrogens with zero attached hydrogens (tertiary/aromatic N) is 2. The largest absolute Gasteiger partial charge is 0.337 e. The number of aromatic nitrogens is 2. The molecule has 0 fully saturated rings. The zero-order chi connectivity index (χ0) is 8.97. The molecule has 1 unspecified atom stereocenters. The molecule has 1 N–H and O–H groups in total. The van der Waals surface area contributed by atoms with E-state index in [1.807, 2.05) is 19.4 Å². The fourth-order valence-corrected chi connectivity index (χ4v) is 1.38. The van der Waals surface area contributed by atoms with Crippen LogP contribution in [-0.4, -0.2) is 16.1 Å². The van der Waals surface area contributed by atoms with Gasteiger partial charge in [0, 0.05) is 19.4 Å². The second-order valence-electron chi connectivity index (χ2n) is 2.91. The van der Waals surface area contributed by atoms with Gasteiger partial charge in [0.2, 0.25) is 0 Å². The third-order valence-electron chi connectivity index (χ3n) is 2.03. The van der Waals surface area contributed by atoms with Crippen LogP contribution in [0.4, 0.5) is 0 Å². The fraction of sp³-hybridized carbons (Fsp3) is 0.667. The fourth-order valence-electron chi connectivity index (χ4n) is 1.38. The van der Waals surface area contributed by atoms with Crippen LogP contribution in [-0.2, 0) is 7.05 Å². The summed E-state index contributed by atoms with van der Waals surface area (Å²) >= 11 is 0. The Labute approximate surface area is 73.8 Å². The summed E-state index contributed by atoms with van der Waals surface area (Å²) < 4.78 is 2.07. The minimum absolute atomic E-state index is 0.398. The molecule has 0 spiro atoms. The Balaban J connectivity index is 2.72. The lowest BCUT2D eigenvalue weighted by atomic mass is 10.2.